The van der Waals surface area contributed by atoms with Crippen LogP contribution in [0.2, 0.25) is 0 Å². The van der Waals surface area contributed by atoms with Gasteiger partial charge in [-0.25, -0.2) is 8.42 Å². The number of alkyl halides is 3. The number of aromatic nitrogens is 1. The molecule has 3 aromatic carbocycles. The lowest BCUT2D eigenvalue weighted by molar-refractivity contribution is -0.137. The molecule has 1 fully saturated rings. The minimum Gasteiger partial charge on any atom is -0.368 e. The normalized spacial score (nSPS) is 14.7. The number of carbonyl (C=O) groups is 1. The lowest BCUT2D eigenvalue weighted by Gasteiger charge is -2.36. The number of aryl methyl sites for hydroxylation is 1. The Morgan fingerprint density at radius 3 is 2.26 bits per heavy atom. The Morgan fingerprint density at radius 2 is 1.58 bits per heavy atom. The largest absolute Gasteiger partial charge is 0.416 e. The number of fused-ring (bicyclic) bond motifs is 1. The second-order valence-corrected chi connectivity index (χ2v) is 11.3. The Bertz CT molecular complexity index is 1590. The van der Waals surface area contributed by atoms with Gasteiger partial charge in [-0.05, 0) is 43.3 Å². The summed E-state index contributed by atoms with van der Waals surface area (Å²) < 4.78 is 67.8. The standard InChI is InChI=1S/C28H26F3N3O3S/c1-20-9-11-23(12-10-20)38(36,37)26-18-34(25-8-3-2-7-24(25)26)19-27(35)33-15-13-32(14-16-33)22-6-4-5-21(17-22)28(29,30)31/h2-12,17-18H,13-16,19H2,1H3. The molecule has 4 aromatic rings. The van der Waals surface area contributed by atoms with E-state index in [-0.39, 0.29) is 22.2 Å². The molecule has 38 heavy (non-hydrogen) atoms. The fraction of sp³-hybridized carbons (Fsp3) is 0.250. The van der Waals surface area contributed by atoms with Crippen molar-refractivity contribution in [1.82, 2.24) is 9.47 Å². The molecular formula is C28H26F3N3O3S. The van der Waals surface area contributed by atoms with Gasteiger partial charge in [0, 0.05) is 49.0 Å². The van der Waals surface area contributed by atoms with Gasteiger partial charge in [0.15, 0.2) is 0 Å². The van der Waals surface area contributed by atoms with E-state index in [1.165, 1.54) is 12.3 Å². The summed E-state index contributed by atoms with van der Waals surface area (Å²) in [5.74, 6) is -0.186. The molecule has 5 rings (SSSR count). The molecular weight excluding hydrogens is 515 g/mol. The van der Waals surface area contributed by atoms with Crippen LogP contribution >= 0.6 is 0 Å². The van der Waals surface area contributed by atoms with Crippen molar-refractivity contribution < 1.29 is 26.4 Å². The monoisotopic (exact) mass is 541 g/mol. The summed E-state index contributed by atoms with van der Waals surface area (Å²) >= 11 is 0. The third-order valence-corrected chi connectivity index (χ3v) is 8.65. The summed E-state index contributed by atoms with van der Waals surface area (Å²) in [6, 6.07) is 18.9. The van der Waals surface area contributed by atoms with E-state index >= 15 is 0 Å². The highest BCUT2D eigenvalue weighted by Crippen LogP contribution is 2.32. The summed E-state index contributed by atoms with van der Waals surface area (Å²) in [6.45, 7) is 3.32. The molecule has 1 aromatic heterocycles. The van der Waals surface area contributed by atoms with Gasteiger partial charge in [0.25, 0.3) is 0 Å². The first-order chi connectivity index (χ1) is 18.0. The predicted octanol–water partition coefficient (Wildman–Crippen LogP) is 5.15. The first kappa shape index (κ1) is 25.8. The highest BCUT2D eigenvalue weighted by molar-refractivity contribution is 7.91. The SMILES string of the molecule is Cc1ccc(S(=O)(=O)c2cn(CC(=O)N3CCN(c4cccc(C(F)(F)F)c4)CC3)c3ccccc23)cc1. The number of benzene rings is 3. The molecule has 0 atom stereocenters. The van der Waals surface area contributed by atoms with Gasteiger partial charge in [-0.15, -0.1) is 0 Å². The summed E-state index contributed by atoms with van der Waals surface area (Å²) in [7, 11) is -3.81. The van der Waals surface area contributed by atoms with Crippen LogP contribution in [-0.4, -0.2) is 50.0 Å². The number of halogens is 3. The van der Waals surface area contributed by atoms with Gasteiger partial charge in [0.05, 0.1) is 15.4 Å². The lowest BCUT2D eigenvalue weighted by Crippen LogP contribution is -2.49. The minimum atomic E-state index is -4.42. The fourth-order valence-electron chi connectivity index (χ4n) is 4.74. The molecule has 1 amide bonds. The quantitative estimate of drug-likeness (QED) is 0.351. The Labute approximate surface area is 218 Å². The van der Waals surface area contributed by atoms with Crippen LogP contribution in [0.25, 0.3) is 10.9 Å². The molecule has 0 bridgehead atoms. The van der Waals surface area contributed by atoms with E-state index in [4.69, 9.17) is 0 Å². The number of amides is 1. The molecule has 0 aliphatic carbocycles. The van der Waals surface area contributed by atoms with Crippen molar-refractivity contribution in [2.45, 2.75) is 29.4 Å². The molecule has 2 heterocycles. The number of rotatable bonds is 5. The van der Waals surface area contributed by atoms with E-state index in [1.54, 1.807) is 64.1 Å². The highest BCUT2D eigenvalue weighted by Gasteiger charge is 2.31. The second kappa shape index (κ2) is 9.83. The van der Waals surface area contributed by atoms with Crippen LogP contribution in [0, 0.1) is 6.92 Å². The van der Waals surface area contributed by atoms with Crippen molar-refractivity contribution in [2.75, 3.05) is 31.1 Å². The minimum absolute atomic E-state index is 0.0481. The van der Waals surface area contributed by atoms with Gasteiger partial charge >= 0.3 is 6.18 Å². The van der Waals surface area contributed by atoms with Crippen molar-refractivity contribution in [3.63, 3.8) is 0 Å². The summed E-state index contributed by atoms with van der Waals surface area (Å²) in [6.07, 6.45) is -2.91. The first-order valence-corrected chi connectivity index (χ1v) is 13.6. The zero-order chi connectivity index (χ0) is 27.1. The number of piperazine rings is 1. The summed E-state index contributed by atoms with van der Waals surface area (Å²) in [5, 5.41) is 0.537. The summed E-state index contributed by atoms with van der Waals surface area (Å²) in [4.78, 5) is 17.0. The van der Waals surface area contributed by atoms with E-state index in [9.17, 15) is 26.4 Å². The highest BCUT2D eigenvalue weighted by atomic mass is 32.2. The van der Waals surface area contributed by atoms with E-state index in [1.807, 2.05) is 11.8 Å². The lowest BCUT2D eigenvalue weighted by atomic mass is 10.1. The number of sulfone groups is 1. The van der Waals surface area contributed by atoms with Crippen LogP contribution in [0.4, 0.5) is 18.9 Å². The van der Waals surface area contributed by atoms with E-state index in [0.717, 1.165) is 17.7 Å². The molecule has 10 heteroatoms. The third kappa shape index (κ3) is 5.00. The van der Waals surface area contributed by atoms with Crippen LogP contribution in [0.5, 0.6) is 0 Å². The number of para-hydroxylation sites is 1. The van der Waals surface area contributed by atoms with Gasteiger partial charge in [0.1, 0.15) is 6.54 Å². The van der Waals surface area contributed by atoms with Crippen LogP contribution < -0.4 is 4.90 Å². The van der Waals surface area contributed by atoms with Crippen molar-refractivity contribution in [1.29, 1.82) is 0 Å². The van der Waals surface area contributed by atoms with Gasteiger partial charge < -0.3 is 14.4 Å². The molecule has 0 unspecified atom stereocenters. The van der Waals surface area contributed by atoms with Gasteiger partial charge in [-0.1, -0.05) is 42.0 Å². The average Bonchev–Trinajstić information content (AvgIpc) is 3.28. The zero-order valence-electron chi connectivity index (χ0n) is 20.6. The number of carbonyl (C=O) groups excluding carboxylic acids is 1. The maximum absolute atomic E-state index is 13.4. The molecule has 198 valence electrons. The Morgan fingerprint density at radius 1 is 0.895 bits per heavy atom. The van der Waals surface area contributed by atoms with Crippen molar-refractivity contribution >= 4 is 32.3 Å². The Balaban J connectivity index is 1.33. The first-order valence-electron chi connectivity index (χ1n) is 12.1. The van der Waals surface area contributed by atoms with Gasteiger partial charge in [-0.3, -0.25) is 4.79 Å². The number of nitrogens with zero attached hydrogens (tertiary/aromatic N) is 3. The third-order valence-electron chi connectivity index (χ3n) is 6.85. The fourth-order valence-corrected chi connectivity index (χ4v) is 6.22. The molecule has 0 saturated carbocycles. The van der Waals surface area contributed by atoms with Crippen LogP contribution in [-0.2, 0) is 27.4 Å². The van der Waals surface area contributed by atoms with Crippen molar-refractivity contribution in [2.24, 2.45) is 0 Å². The van der Waals surface area contributed by atoms with Crippen molar-refractivity contribution in [3.8, 4) is 0 Å². The summed E-state index contributed by atoms with van der Waals surface area (Å²) in [5.41, 5.74) is 1.35. The Kier molecular flexibility index (Phi) is 6.68. The molecule has 1 aliphatic rings. The molecule has 6 nitrogen and oxygen atoms in total. The average molecular weight is 542 g/mol. The van der Waals surface area contributed by atoms with Crippen LogP contribution in [0.15, 0.2) is 88.8 Å². The van der Waals surface area contributed by atoms with Gasteiger partial charge in [-0.2, -0.15) is 13.2 Å². The van der Waals surface area contributed by atoms with Crippen LogP contribution in [0.3, 0.4) is 0 Å². The van der Waals surface area contributed by atoms with E-state index in [2.05, 4.69) is 0 Å². The predicted molar refractivity (Wildman–Crippen MR) is 139 cm³/mol. The van der Waals surface area contributed by atoms with Gasteiger partial charge in [0.2, 0.25) is 15.7 Å². The van der Waals surface area contributed by atoms with Crippen molar-refractivity contribution in [3.05, 3.63) is 90.1 Å². The van der Waals surface area contributed by atoms with E-state index in [0.29, 0.717) is 42.8 Å². The number of anilines is 1. The smallest absolute Gasteiger partial charge is 0.368 e. The molecule has 0 N–H and O–H groups in total. The second-order valence-electron chi connectivity index (χ2n) is 9.37. The molecule has 1 saturated heterocycles. The maximum Gasteiger partial charge on any atom is 0.416 e. The number of hydrogen-bond acceptors (Lipinski definition) is 4. The zero-order valence-corrected chi connectivity index (χ0v) is 21.5. The van der Waals surface area contributed by atoms with E-state index < -0.39 is 21.6 Å². The maximum atomic E-state index is 13.4. The molecule has 0 spiro atoms. The number of hydrogen-bond donors (Lipinski definition) is 0. The molecule has 1 aliphatic heterocycles. The Hall–Kier alpha value is -3.79. The molecule has 0 radical (unpaired) electrons. The topological polar surface area (TPSA) is 62.6 Å². The van der Waals surface area contributed by atoms with Crippen LogP contribution in [0.1, 0.15) is 11.1 Å².